The summed E-state index contributed by atoms with van der Waals surface area (Å²) in [4.78, 5) is 16.8. The minimum atomic E-state index is -0.152. The Balaban J connectivity index is 1.39. The van der Waals surface area contributed by atoms with Crippen LogP contribution in [0.4, 0.5) is 11.5 Å². The Morgan fingerprint density at radius 3 is 2.63 bits per heavy atom. The van der Waals surface area contributed by atoms with Gasteiger partial charge in [0.05, 0.1) is 11.3 Å². The summed E-state index contributed by atoms with van der Waals surface area (Å²) in [5, 5.41) is 16.0. The number of nitrogens with one attached hydrogen (secondary N) is 2. The molecule has 0 fully saturated rings. The zero-order chi connectivity index (χ0) is 20.8. The van der Waals surface area contributed by atoms with Crippen LogP contribution < -0.4 is 10.6 Å². The molecular weight excluding hydrogens is 376 g/mol. The predicted octanol–water partition coefficient (Wildman–Crippen LogP) is 4.29. The lowest BCUT2D eigenvalue weighted by molar-refractivity contribution is 0.0954. The molecule has 6 nitrogen and oxygen atoms in total. The van der Waals surface area contributed by atoms with Crippen molar-refractivity contribution in [2.75, 3.05) is 11.9 Å². The molecule has 2 heterocycles. The molecule has 4 rings (SSSR count). The first kappa shape index (κ1) is 19.3. The largest absolute Gasteiger partial charge is 0.508 e. The average molecular weight is 398 g/mol. The second-order valence-electron chi connectivity index (χ2n) is 6.83. The fourth-order valence-electron chi connectivity index (χ4n) is 3.14. The summed E-state index contributed by atoms with van der Waals surface area (Å²) in [6.07, 6.45) is 5.93. The first-order valence-electron chi connectivity index (χ1n) is 9.70. The summed E-state index contributed by atoms with van der Waals surface area (Å²) in [7, 11) is 0. The highest BCUT2D eigenvalue weighted by Gasteiger charge is 2.09. The number of rotatable bonds is 7. The van der Waals surface area contributed by atoms with Gasteiger partial charge in [-0.05, 0) is 42.3 Å². The molecule has 1 amide bonds. The van der Waals surface area contributed by atoms with Crippen molar-refractivity contribution in [3.63, 3.8) is 0 Å². The normalized spacial score (nSPS) is 10.5. The molecule has 0 aliphatic rings. The van der Waals surface area contributed by atoms with E-state index in [-0.39, 0.29) is 11.7 Å². The number of pyridine rings is 1. The lowest BCUT2D eigenvalue weighted by atomic mass is 10.1. The number of carbonyl (C=O) groups is 1. The molecule has 2 aromatic heterocycles. The van der Waals surface area contributed by atoms with Gasteiger partial charge >= 0.3 is 0 Å². The van der Waals surface area contributed by atoms with Gasteiger partial charge in [-0.1, -0.05) is 36.4 Å². The summed E-state index contributed by atoms with van der Waals surface area (Å²) in [6, 6.07) is 22.6. The summed E-state index contributed by atoms with van der Waals surface area (Å²) in [6.45, 7) is 0.446. The quantitative estimate of drug-likeness (QED) is 0.434. The first-order valence-corrected chi connectivity index (χ1v) is 9.70. The number of aromatic hydroxyl groups is 1. The highest BCUT2D eigenvalue weighted by Crippen LogP contribution is 2.18. The maximum absolute atomic E-state index is 12.5. The number of carbonyl (C=O) groups excluding carboxylic acids is 1. The van der Waals surface area contributed by atoms with E-state index in [0.717, 1.165) is 22.8 Å². The van der Waals surface area contributed by atoms with Crippen LogP contribution in [-0.2, 0) is 6.42 Å². The molecule has 0 unspecified atom stereocenters. The van der Waals surface area contributed by atoms with Gasteiger partial charge in [0, 0.05) is 36.9 Å². The third-order valence-corrected chi connectivity index (χ3v) is 4.71. The van der Waals surface area contributed by atoms with Crippen LogP contribution in [0.2, 0.25) is 0 Å². The fourth-order valence-corrected chi connectivity index (χ4v) is 3.14. The Labute approximate surface area is 174 Å². The molecule has 0 saturated heterocycles. The molecule has 150 valence electrons. The van der Waals surface area contributed by atoms with Gasteiger partial charge in [-0.25, -0.2) is 4.98 Å². The molecular formula is C24H22N4O2. The topological polar surface area (TPSA) is 79.2 Å². The number of phenols is 1. The van der Waals surface area contributed by atoms with E-state index in [2.05, 4.69) is 15.6 Å². The minimum Gasteiger partial charge on any atom is -0.508 e. The number of hydrogen-bond acceptors (Lipinski definition) is 4. The maximum atomic E-state index is 12.5. The summed E-state index contributed by atoms with van der Waals surface area (Å²) >= 11 is 0. The van der Waals surface area contributed by atoms with Crippen LogP contribution in [0.15, 0.2) is 91.4 Å². The van der Waals surface area contributed by atoms with E-state index < -0.39 is 0 Å². The Morgan fingerprint density at radius 1 is 1.00 bits per heavy atom. The lowest BCUT2D eigenvalue weighted by Crippen LogP contribution is -2.25. The van der Waals surface area contributed by atoms with Crippen molar-refractivity contribution in [1.82, 2.24) is 14.9 Å². The van der Waals surface area contributed by atoms with Crippen LogP contribution in [0.1, 0.15) is 15.9 Å². The van der Waals surface area contributed by atoms with Gasteiger partial charge in [0.1, 0.15) is 11.6 Å². The number of anilines is 2. The molecule has 6 heteroatoms. The van der Waals surface area contributed by atoms with Crippen LogP contribution in [0.25, 0.3) is 5.69 Å². The van der Waals surface area contributed by atoms with Gasteiger partial charge in [-0.2, -0.15) is 0 Å². The predicted molar refractivity (Wildman–Crippen MR) is 117 cm³/mol. The summed E-state index contributed by atoms with van der Waals surface area (Å²) in [5.41, 5.74) is 3.24. The van der Waals surface area contributed by atoms with Crippen LogP contribution in [0.3, 0.4) is 0 Å². The Hall–Kier alpha value is -4.06. The lowest BCUT2D eigenvalue weighted by Gasteiger charge is -2.08. The fraction of sp³-hybridized carbons (Fsp3) is 0.0833. The molecule has 0 aliphatic carbocycles. The van der Waals surface area contributed by atoms with Gasteiger partial charge in [-0.3, -0.25) is 4.79 Å². The third kappa shape index (κ3) is 4.67. The van der Waals surface area contributed by atoms with Crippen molar-refractivity contribution in [2.45, 2.75) is 6.42 Å². The first-order chi connectivity index (χ1) is 14.7. The van der Waals surface area contributed by atoms with Crippen molar-refractivity contribution >= 4 is 17.4 Å². The second-order valence-corrected chi connectivity index (χ2v) is 6.83. The smallest absolute Gasteiger partial charge is 0.252 e. The highest BCUT2D eigenvalue weighted by molar-refractivity contribution is 5.94. The maximum Gasteiger partial charge on any atom is 0.252 e. The molecule has 0 radical (unpaired) electrons. The number of amides is 1. The van der Waals surface area contributed by atoms with E-state index in [0.29, 0.717) is 18.5 Å². The van der Waals surface area contributed by atoms with E-state index in [9.17, 15) is 9.90 Å². The van der Waals surface area contributed by atoms with E-state index in [1.807, 2.05) is 65.4 Å². The minimum absolute atomic E-state index is 0.152. The molecule has 4 aromatic rings. The molecule has 0 atom stereocenters. The third-order valence-electron chi connectivity index (χ3n) is 4.71. The molecule has 0 spiro atoms. The molecule has 0 bridgehead atoms. The van der Waals surface area contributed by atoms with Crippen LogP contribution in [0, 0.1) is 0 Å². The van der Waals surface area contributed by atoms with Crippen LogP contribution in [0.5, 0.6) is 5.75 Å². The van der Waals surface area contributed by atoms with Crippen molar-refractivity contribution in [3.8, 4) is 11.4 Å². The second kappa shape index (κ2) is 8.96. The Bertz CT molecular complexity index is 1140. The number of nitrogens with zero attached hydrogens (tertiary/aromatic N) is 2. The van der Waals surface area contributed by atoms with Crippen molar-refractivity contribution in [2.24, 2.45) is 0 Å². The summed E-state index contributed by atoms with van der Waals surface area (Å²) in [5.74, 6) is 0.817. The van der Waals surface area contributed by atoms with Gasteiger partial charge in [0.15, 0.2) is 0 Å². The van der Waals surface area contributed by atoms with Crippen molar-refractivity contribution in [1.29, 1.82) is 0 Å². The van der Waals surface area contributed by atoms with E-state index in [4.69, 9.17) is 0 Å². The molecule has 30 heavy (non-hydrogen) atoms. The Morgan fingerprint density at radius 2 is 1.80 bits per heavy atom. The Kier molecular flexibility index (Phi) is 5.75. The van der Waals surface area contributed by atoms with Gasteiger partial charge in [0.25, 0.3) is 5.91 Å². The van der Waals surface area contributed by atoms with E-state index in [1.54, 1.807) is 30.6 Å². The highest BCUT2D eigenvalue weighted by atomic mass is 16.3. The van der Waals surface area contributed by atoms with Gasteiger partial charge in [-0.15, -0.1) is 0 Å². The van der Waals surface area contributed by atoms with Gasteiger partial charge < -0.3 is 20.3 Å². The van der Waals surface area contributed by atoms with E-state index >= 15 is 0 Å². The average Bonchev–Trinajstić information content (AvgIpc) is 3.27. The molecule has 3 N–H and O–H groups in total. The number of aromatic nitrogens is 2. The summed E-state index contributed by atoms with van der Waals surface area (Å²) < 4.78 is 1.88. The van der Waals surface area contributed by atoms with Crippen molar-refractivity contribution < 1.29 is 9.90 Å². The number of hydrogen-bond donors (Lipinski definition) is 3. The molecule has 2 aromatic carbocycles. The zero-order valence-corrected chi connectivity index (χ0v) is 16.3. The zero-order valence-electron chi connectivity index (χ0n) is 16.3. The van der Waals surface area contributed by atoms with Crippen LogP contribution in [-0.4, -0.2) is 27.1 Å². The van der Waals surface area contributed by atoms with E-state index in [1.165, 1.54) is 0 Å². The molecule has 0 aliphatic heterocycles. The van der Waals surface area contributed by atoms with Gasteiger partial charge in [0.2, 0.25) is 0 Å². The monoisotopic (exact) mass is 398 g/mol. The number of phenolic OH excluding ortho intramolecular Hbond substituents is 1. The number of benzene rings is 2. The van der Waals surface area contributed by atoms with Crippen LogP contribution >= 0.6 is 0 Å². The number of para-hydroxylation sites is 2. The standard InChI is InChI=1S/C24H22N4O2/c29-22-9-5-4-6-18(22)10-13-26-24(30)19-12-15-28(17-19)21-11-14-25-23(16-21)27-20-7-2-1-3-8-20/h1-9,11-12,14-17,29H,10,13H2,(H,25,27)(H,26,30). The SMILES string of the molecule is O=C(NCCc1ccccc1O)c1ccn(-c2ccnc(Nc3ccccc3)c2)c1. The molecule has 0 saturated carbocycles. The van der Waals surface area contributed by atoms with Crippen molar-refractivity contribution in [3.05, 3.63) is 103 Å².